The second-order valence-electron chi connectivity index (χ2n) is 5.66. The van der Waals surface area contributed by atoms with Crippen molar-refractivity contribution in [1.29, 1.82) is 0 Å². The maximum absolute atomic E-state index is 12.6. The van der Waals surface area contributed by atoms with Gasteiger partial charge in [-0.05, 0) is 19.8 Å². The molecule has 3 unspecified atom stereocenters. The van der Waals surface area contributed by atoms with E-state index in [2.05, 4.69) is 15.3 Å². The third kappa shape index (κ3) is 3.20. The number of rotatable bonds is 4. The van der Waals surface area contributed by atoms with Crippen LogP contribution in [0.4, 0.5) is 0 Å². The molecular weight excluding hydrogens is 268 g/mol. The maximum Gasteiger partial charge on any atom is 0.246 e. The van der Waals surface area contributed by atoms with Gasteiger partial charge in [-0.1, -0.05) is 20.3 Å². The Morgan fingerprint density at radius 2 is 2.05 bits per heavy atom. The molecule has 2 heterocycles. The monoisotopic (exact) mass is 290 g/mol. The van der Waals surface area contributed by atoms with E-state index in [1.165, 1.54) is 0 Å². The van der Waals surface area contributed by atoms with Crippen LogP contribution in [-0.2, 0) is 16.1 Å². The van der Waals surface area contributed by atoms with E-state index in [1.807, 2.05) is 20.8 Å². The number of aromatic nitrogens is 2. The summed E-state index contributed by atoms with van der Waals surface area (Å²) in [5.74, 6) is -0.0423. The number of hydrogen-bond donors (Lipinski definition) is 1. The molecule has 114 valence electrons. The summed E-state index contributed by atoms with van der Waals surface area (Å²) in [6.45, 7) is 7.90. The highest BCUT2D eigenvalue weighted by Gasteiger charge is 2.40. The molecule has 0 aliphatic carbocycles. The van der Waals surface area contributed by atoms with E-state index in [9.17, 15) is 9.59 Å². The normalized spacial score (nSPS) is 23.9. The van der Waals surface area contributed by atoms with Crippen LogP contribution in [0.1, 0.15) is 38.6 Å². The van der Waals surface area contributed by atoms with Crippen molar-refractivity contribution in [2.24, 2.45) is 5.92 Å². The summed E-state index contributed by atoms with van der Waals surface area (Å²) in [7, 11) is 0. The van der Waals surface area contributed by atoms with Crippen molar-refractivity contribution in [1.82, 2.24) is 20.2 Å². The van der Waals surface area contributed by atoms with E-state index in [0.29, 0.717) is 12.2 Å². The van der Waals surface area contributed by atoms with Gasteiger partial charge in [-0.25, -0.2) is 0 Å². The van der Waals surface area contributed by atoms with Crippen LogP contribution in [0, 0.1) is 12.8 Å². The van der Waals surface area contributed by atoms with Crippen molar-refractivity contribution in [3.63, 3.8) is 0 Å². The van der Waals surface area contributed by atoms with Gasteiger partial charge in [0.15, 0.2) is 0 Å². The SMILES string of the molecule is CCC(C)C1NC(=O)C(C)N(Cc2cnc(C)cn2)C1=O. The fraction of sp³-hybridized carbons (Fsp3) is 0.600. The zero-order valence-electron chi connectivity index (χ0n) is 13.0. The van der Waals surface area contributed by atoms with Crippen molar-refractivity contribution >= 4 is 11.8 Å². The van der Waals surface area contributed by atoms with Gasteiger partial charge in [-0.3, -0.25) is 19.6 Å². The zero-order chi connectivity index (χ0) is 15.6. The Morgan fingerprint density at radius 1 is 1.33 bits per heavy atom. The van der Waals surface area contributed by atoms with Crippen LogP contribution >= 0.6 is 0 Å². The molecule has 1 aromatic heterocycles. The van der Waals surface area contributed by atoms with Gasteiger partial charge in [-0.2, -0.15) is 0 Å². The van der Waals surface area contributed by atoms with Gasteiger partial charge in [0.05, 0.1) is 24.1 Å². The number of nitrogens with zero attached hydrogens (tertiary/aromatic N) is 3. The van der Waals surface area contributed by atoms with Gasteiger partial charge < -0.3 is 10.2 Å². The van der Waals surface area contributed by atoms with Gasteiger partial charge in [0.1, 0.15) is 12.1 Å². The first-order valence-electron chi connectivity index (χ1n) is 7.32. The molecule has 0 saturated carbocycles. The Hall–Kier alpha value is -1.98. The predicted molar refractivity (Wildman–Crippen MR) is 78.2 cm³/mol. The zero-order valence-corrected chi connectivity index (χ0v) is 13.0. The molecule has 1 saturated heterocycles. The van der Waals surface area contributed by atoms with Gasteiger partial charge in [0.2, 0.25) is 11.8 Å². The highest BCUT2D eigenvalue weighted by molar-refractivity contribution is 5.96. The lowest BCUT2D eigenvalue weighted by Gasteiger charge is -2.39. The second-order valence-corrected chi connectivity index (χ2v) is 5.66. The number of piperazine rings is 1. The summed E-state index contributed by atoms with van der Waals surface area (Å²) in [6.07, 6.45) is 4.16. The highest BCUT2D eigenvalue weighted by atomic mass is 16.2. The molecule has 1 N–H and O–H groups in total. The average Bonchev–Trinajstić information content (AvgIpc) is 2.48. The van der Waals surface area contributed by atoms with Crippen LogP contribution in [0.2, 0.25) is 0 Å². The summed E-state index contributed by atoms with van der Waals surface area (Å²) in [5, 5.41) is 2.83. The predicted octanol–water partition coefficient (Wildman–Crippen LogP) is 1.05. The summed E-state index contributed by atoms with van der Waals surface area (Å²) in [6, 6.07) is -0.932. The average molecular weight is 290 g/mol. The lowest BCUT2D eigenvalue weighted by Crippen LogP contribution is -2.63. The number of aryl methyl sites for hydroxylation is 1. The number of nitrogens with one attached hydrogen (secondary N) is 1. The number of hydrogen-bond acceptors (Lipinski definition) is 4. The molecule has 0 bridgehead atoms. The molecule has 3 atom stereocenters. The Bertz CT molecular complexity index is 529. The Morgan fingerprint density at radius 3 is 2.62 bits per heavy atom. The van der Waals surface area contributed by atoms with Crippen molar-refractivity contribution in [2.75, 3.05) is 0 Å². The van der Waals surface area contributed by atoms with E-state index < -0.39 is 12.1 Å². The summed E-state index contributed by atoms with van der Waals surface area (Å²) in [5.41, 5.74) is 1.52. The first-order valence-corrected chi connectivity index (χ1v) is 7.32. The third-order valence-corrected chi connectivity index (χ3v) is 4.07. The van der Waals surface area contributed by atoms with Crippen LogP contribution in [0.15, 0.2) is 12.4 Å². The smallest absolute Gasteiger partial charge is 0.246 e. The molecule has 2 rings (SSSR count). The van der Waals surface area contributed by atoms with Gasteiger partial charge in [-0.15, -0.1) is 0 Å². The molecule has 1 aliphatic rings. The molecule has 6 nitrogen and oxygen atoms in total. The molecule has 6 heteroatoms. The van der Waals surface area contributed by atoms with Gasteiger partial charge >= 0.3 is 0 Å². The van der Waals surface area contributed by atoms with Gasteiger partial charge in [0.25, 0.3) is 0 Å². The minimum atomic E-state index is -0.485. The van der Waals surface area contributed by atoms with E-state index in [-0.39, 0.29) is 17.7 Å². The molecule has 0 radical (unpaired) electrons. The highest BCUT2D eigenvalue weighted by Crippen LogP contribution is 2.19. The largest absolute Gasteiger partial charge is 0.342 e. The number of carbonyl (C=O) groups is 2. The lowest BCUT2D eigenvalue weighted by molar-refractivity contribution is -0.150. The maximum atomic E-state index is 12.6. The molecule has 2 amide bonds. The Kier molecular flexibility index (Phi) is 4.55. The molecule has 0 spiro atoms. The molecule has 1 aliphatic heterocycles. The van der Waals surface area contributed by atoms with Crippen LogP contribution in [-0.4, -0.2) is 38.8 Å². The molecule has 21 heavy (non-hydrogen) atoms. The van der Waals surface area contributed by atoms with E-state index >= 15 is 0 Å². The van der Waals surface area contributed by atoms with Gasteiger partial charge in [0, 0.05) is 6.20 Å². The molecular formula is C15H22N4O2. The fourth-order valence-electron chi connectivity index (χ4n) is 2.36. The van der Waals surface area contributed by atoms with Crippen LogP contribution < -0.4 is 5.32 Å². The summed E-state index contributed by atoms with van der Waals surface area (Å²) in [4.78, 5) is 34.7. The standard InChI is InChI=1S/C15H22N4O2/c1-5-9(2)13-15(21)19(11(4)14(20)18-13)8-12-7-16-10(3)6-17-12/h6-7,9,11,13H,5,8H2,1-4H3,(H,18,20). The molecule has 0 aromatic carbocycles. The minimum absolute atomic E-state index is 0.0428. The quantitative estimate of drug-likeness (QED) is 0.899. The number of carbonyl (C=O) groups excluding carboxylic acids is 2. The summed E-state index contributed by atoms with van der Waals surface area (Å²) >= 11 is 0. The van der Waals surface area contributed by atoms with Crippen LogP contribution in [0.3, 0.4) is 0 Å². The van der Waals surface area contributed by atoms with Crippen LogP contribution in [0.5, 0.6) is 0 Å². The van der Waals surface area contributed by atoms with E-state index in [1.54, 1.807) is 24.2 Å². The lowest BCUT2D eigenvalue weighted by atomic mass is 9.94. The van der Waals surface area contributed by atoms with Crippen molar-refractivity contribution in [2.45, 2.75) is 52.7 Å². The van der Waals surface area contributed by atoms with E-state index in [0.717, 1.165) is 12.1 Å². The molecule has 1 aromatic rings. The first-order chi connectivity index (χ1) is 9.93. The van der Waals surface area contributed by atoms with Crippen molar-refractivity contribution in [3.8, 4) is 0 Å². The van der Waals surface area contributed by atoms with E-state index in [4.69, 9.17) is 0 Å². The van der Waals surface area contributed by atoms with Crippen LogP contribution in [0.25, 0.3) is 0 Å². The van der Waals surface area contributed by atoms with Crippen molar-refractivity contribution < 1.29 is 9.59 Å². The Balaban J connectivity index is 2.20. The first kappa shape index (κ1) is 15.4. The summed E-state index contributed by atoms with van der Waals surface area (Å²) < 4.78 is 0. The number of amides is 2. The second kappa shape index (κ2) is 6.20. The minimum Gasteiger partial charge on any atom is -0.342 e. The Labute approximate surface area is 125 Å². The van der Waals surface area contributed by atoms with Crippen molar-refractivity contribution in [3.05, 3.63) is 23.8 Å². The third-order valence-electron chi connectivity index (χ3n) is 4.07. The molecule has 1 fully saturated rings. The topological polar surface area (TPSA) is 75.2 Å². The fourth-order valence-corrected chi connectivity index (χ4v) is 2.36.